The third-order valence-corrected chi connectivity index (χ3v) is 4.99. The highest BCUT2D eigenvalue weighted by molar-refractivity contribution is 8.26. The van der Waals surface area contributed by atoms with Gasteiger partial charge in [-0.2, -0.15) is 11.8 Å². The monoisotopic (exact) mass is 354 g/mol. The minimum atomic E-state index is -1.03. The van der Waals surface area contributed by atoms with Crippen molar-refractivity contribution in [1.29, 1.82) is 0 Å². The number of aliphatic carboxylic acids is 1. The molecule has 1 unspecified atom stereocenters. The highest BCUT2D eigenvalue weighted by atomic mass is 32.2. The fraction of sp³-hybridized carbons (Fsp3) is 0.286. The van der Waals surface area contributed by atoms with Gasteiger partial charge in [-0.3, -0.25) is 14.7 Å². The van der Waals surface area contributed by atoms with Crippen LogP contribution in [0.3, 0.4) is 0 Å². The van der Waals surface area contributed by atoms with Crippen molar-refractivity contribution in [3.63, 3.8) is 0 Å². The summed E-state index contributed by atoms with van der Waals surface area (Å²) in [6.07, 6.45) is 7.22. The van der Waals surface area contributed by atoms with Crippen LogP contribution in [0.5, 0.6) is 0 Å². The number of rotatable bonds is 6. The SMILES string of the molecule is CSCCC(C(=O)O)N1C(=O)C(=Cc2ccncc2)SC1=S. The Hall–Kier alpha value is -1.38. The molecule has 0 radical (unpaired) electrons. The van der Waals surface area contributed by atoms with E-state index in [2.05, 4.69) is 4.98 Å². The summed E-state index contributed by atoms with van der Waals surface area (Å²) < 4.78 is 0.291. The first-order valence-electron chi connectivity index (χ1n) is 6.43. The second kappa shape index (κ2) is 7.75. The van der Waals surface area contributed by atoms with Gasteiger partial charge < -0.3 is 5.11 Å². The number of carbonyl (C=O) groups is 2. The fourth-order valence-corrected chi connectivity index (χ4v) is 3.77. The van der Waals surface area contributed by atoms with Gasteiger partial charge in [0.05, 0.1) is 4.91 Å². The molecule has 0 saturated carbocycles. The molecular weight excluding hydrogens is 340 g/mol. The van der Waals surface area contributed by atoms with E-state index < -0.39 is 12.0 Å². The number of thioether (sulfide) groups is 2. The van der Waals surface area contributed by atoms with E-state index in [1.165, 1.54) is 16.7 Å². The smallest absolute Gasteiger partial charge is 0.326 e. The molecule has 1 N–H and O–H groups in total. The molecule has 8 heteroatoms. The Morgan fingerprint density at radius 3 is 2.82 bits per heavy atom. The van der Waals surface area contributed by atoms with E-state index in [9.17, 15) is 14.7 Å². The first-order chi connectivity index (χ1) is 10.5. The molecule has 0 aliphatic carbocycles. The summed E-state index contributed by atoms with van der Waals surface area (Å²) in [6, 6.07) is 2.63. The molecule has 2 rings (SSSR count). The van der Waals surface area contributed by atoms with Gasteiger partial charge in [0.15, 0.2) is 0 Å². The van der Waals surface area contributed by atoms with E-state index in [1.807, 2.05) is 6.26 Å². The largest absolute Gasteiger partial charge is 0.480 e. The number of amides is 1. The molecule has 1 aliphatic rings. The molecule has 2 heterocycles. The Morgan fingerprint density at radius 1 is 1.55 bits per heavy atom. The number of carboxylic acid groups (broad SMARTS) is 1. The van der Waals surface area contributed by atoms with Crippen molar-refractivity contribution in [2.75, 3.05) is 12.0 Å². The number of hydrogen-bond acceptors (Lipinski definition) is 6. The van der Waals surface area contributed by atoms with Gasteiger partial charge in [-0.1, -0.05) is 24.0 Å². The third-order valence-electron chi connectivity index (χ3n) is 3.02. The van der Waals surface area contributed by atoms with Crippen LogP contribution in [0.1, 0.15) is 12.0 Å². The second-order valence-electron chi connectivity index (χ2n) is 4.47. The normalized spacial score (nSPS) is 18.0. The minimum absolute atomic E-state index is 0.291. The Kier molecular flexibility index (Phi) is 5.98. The van der Waals surface area contributed by atoms with Crippen LogP contribution in [0.25, 0.3) is 6.08 Å². The van der Waals surface area contributed by atoms with E-state index in [0.29, 0.717) is 21.4 Å². The van der Waals surface area contributed by atoms with Gasteiger partial charge in [-0.25, -0.2) is 4.79 Å². The van der Waals surface area contributed by atoms with Gasteiger partial charge in [0.1, 0.15) is 10.4 Å². The van der Waals surface area contributed by atoms with Crippen molar-refractivity contribution in [2.45, 2.75) is 12.5 Å². The van der Waals surface area contributed by atoms with Crippen molar-refractivity contribution in [1.82, 2.24) is 9.88 Å². The van der Waals surface area contributed by atoms with Gasteiger partial charge in [-0.15, -0.1) is 0 Å². The third kappa shape index (κ3) is 3.88. The maximum absolute atomic E-state index is 12.5. The molecule has 1 atom stereocenters. The molecule has 1 aromatic heterocycles. The molecule has 1 fully saturated rings. The number of aromatic nitrogens is 1. The maximum atomic E-state index is 12.5. The van der Waals surface area contributed by atoms with E-state index in [-0.39, 0.29) is 5.91 Å². The zero-order valence-corrected chi connectivity index (χ0v) is 14.2. The molecule has 5 nitrogen and oxygen atoms in total. The molecule has 1 aliphatic heterocycles. The lowest BCUT2D eigenvalue weighted by Crippen LogP contribution is -2.44. The van der Waals surface area contributed by atoms with Crippen LogP contribution in [0, 0.1) is 0 Å². The van der Waals surface area contributed by atoms with Crippen LogP contribution in [0.15, 0.2) is 29.4 Å². The predicted molar refractivity (Wildman–Crippen MR) is 93.7 cm³/mol. The van der Waals surface area contributed by atoms with Crippen LogP contribution >= 0.6 is 35.7 Å². The van der Waals surface area contributed by atoms with Gasteiger partial charge in [0.25, 0.3) is 5.91 Å². The number of thiocarbonyl (C=S) groups is 1. The lowest BCUT2D eigenvalue weighted by Gasteiger charge is -2.22. The van der Waals surface area contributed by atoms with E-state index >= 15 is 0 Å². The van der Waals surface area contributed by atoms with Crippen LogP contribution in [-0.4, -0.2) is 49.2 Å². The molecule has 0 bridgehead atoms. The zero-order chi connectivity index (χ0) is 16.1. The second-order valence-corrected chi connectivity index (χ2v) is 7.13. The fourth-order valence-electron chi connectivity index (χ4n) is 1.95. The average Bonchev–Trinajstić information content (AvgIpc) is 2.76. The van der Waals surface area contributed by atoms with E-state index in [4.69, 9.17) is 12.2 Å². The number of carboxylic acids is 1. The number of carbonyl (C=O) groups excluding carboxylic acids is 1. The van der Waals surface area contributed by atoms with Crippen LogP contribution in [0.4, 0.5) is 0 Å². The zero-order valence-electron chi connectivity index (χ0n) is 11.8. The minimum Gasteiger partial charge on any atom is -0.480 e. The van der Waals surface area contributed by atoms with E-state index in [0.717, 1.165) is 17.3 Å². The van der Waals surface area contributed by atoms with Crippen molar-refractivity contribution in [3.8, 4) is 0 Å². The standard InChI is InChI=1S/C14H14N2O3S3/c1-21-7-4-10(13(18)19)16-12(17)11(22-14(16)20)8-9-2-5-15-6-3-9/h2-3,5-6,8,10H,4,7H2,1H3,(H,18,19). The van der Waals surface area contributed by atoms with Gasteiger partial charge in [0.2, 0.25) is 0 Å². The van der Waals surface area contributed by atoms with Crippen molar-refractivity contribution >= 4 is 58.0 Å². The summed E-state index contributed by atoms with van der Waals surface area (Å²) in [5.41, 5.74) is 0.825. The van der Waals surface area contributed by atoms with Crippen molar-refractivity contribution in [3.05, 3.63) is 35.0 Å². The Labute approximate surface area is 142 Å². The number of pyridine rings is 1. The predicted octanol–water partition coefficient (Wildman–Crippen LogP) is 2.49. The highest BCUT2D eigenvalue weighted by Crippen LogP contribution is 2.34. The average molecular weight is 354 g/mol. The first kappa shape index (κ1) is 17.0. The van der Waals surface area contributed by atoms with Gasteiger partial charge in [-0.05, 0) is 42.2 Å². The number of hydrogen-bond donors (Lipinski definition) is 1. The lowest BCUT2D eigenvalue weighted by atomic mass is 10.2. The topological polar surface area (TPSA) is 70.5 Å². The molecule has 1 amide bonds. The maximum Gasteiger partial charge on any atom is 0.326 e. The Balaban J connectivity index is 2.24. The van der Waals surface area contributed by atoms with Crippen LogP contribution in [0.2, 0.25) is 0 Å². The summed E-state index contributed by atoms with van der Waals surface area (Å²) in [6.45, 7) is 0. The summed E-state index contributed by atoms with van der Waals surface area (Å²) >= 11 is 7.87. The van der Waals surface area contributed by atoms with Crippen LogP contribution < -0.4 is 0 Å². The van der Waals surface area contributed by atoms with E-state index in [1.54, 1.807) is 30.6 Å². The first-order valence-corrected chi connectivity index (χ1v) is 9.05. The summed E-state index contributed by atoms with van der Waals surface area (Å²) in [4.78, 5) is 29.5. The summed E-state index contributed by atoms with van der Waals surface area (Å²) in [5.74, 6) is -0.729. The lowest BCUT2D eigenvalue weighted by molar-refractivity contribution is -0.145. The number of nitrogens with zero attached hydrogens (tertiary/aromatic N) is 2. The molecule has 1 aromatic rings. The molecular formula is C14H14N2O3S3. The summed E-state index contributed by atoms with van der Waals surface area (Å²) in [5, 5.41) is 9.37. The molecule has 0 aromatic carbocycles. The Morgan fingerprint density at radius 2 is 2.23 bits per heavy atom. The summed E-state index contributed by atoms with van der Waals surface area (Å²) in [7, 11) is 0. The van der Waals surface area contributed by atoms with Gasteiger partial charge >= 0.3 is 5.97 Å². The molecule has 0 spiro atoms. The van der Waals surface area contributed by atoms with Crippen molar-refractivity contribution < 1.29 is 14.7 Å². The van der Waals surface area contributed by atoms with Gasteiger partial charge in [0, 0.05) is 12.4 Å². The van der Waals surface area contributed by atoms with Crippen molar-refractivity contribution in [2.24, 2.45) is 0 Å². The molecule has 116 valence electrons. The molecule has 22 heavy (non-hydrogen) atoms. The highest BCUT2D eigenvalue weighted by Gasteiger charge is 2.40. The Bertz CT molecular complexity index is 619. The quantitative estimate of drug-likeness (QED) is 0.621. The van der Waals surface area contributed by atoms with Crippen LogP contribution in [-0.2, 0) is 9.59 Å². The molecule has 1 saturated heterocycles.